The lowest BCUT2D eigenvalue weighted by molar-refractivity contribution is 0.0925. The van der Waals surface area contributed by atoms with Gasteiger partial charge in [-0.25, -0.2) is 0 Å². The van der Waals surface area contributed by atoms with E-state index in [0.29, 0.717) is 29.3 Å². The molecule has 4 rings (SSSR count). The molecule has 126 valence electrons. The van der Waals surface area contributed by atoms with Gasteiger partial charge >= 0.3 is 0 Å². The Morgan fingerprint density at radius 1 is 1.25 bits per heavy atom. The van der Waals surface area contributed by atoms with Crippen LogP contribution in [0.3, 0.4) is 0 Å². The molecule has 0 spiro atoms. The molecule has 24 heavy (non-hydrogen) atoms. The largest absolute Gasteiger partial charge is 0.496 e. The second-order valence-electron chi connectivity index (χ2n) is 6.35. The molecule has 2 fully saturated rings. The highest BCUT2D eigenvalue weighted by Crippen LogP contribution is 2.33. The van der Waals surface area contributed by atoms with E-state index in [1.807, 2.05) is 23.6 Å². The van der Waals surface area contributed by atoms with Crippen LogP contribution in [0, 0.1) is 5.92 Å². The summed E-state index contributed by atoms with van der Waals surface area (Å²) in [6.45, 7) is 1.02. The van der Waals surface area contributed by atoms with Gasteiger partial charge in [-0.1, -0.05) is 0 Å². The number of nitrogens with one attached hydrogen (secondary N) is 2. The quantitative estimate of drug-likeness (QED) is 0.875. The maximum Gasteiger partial charge on any atom is 0.251 e. The molecule has 1 aliphatic carbocycles. The summed E-state index contributed by atoms with van der Waals surface area (Å²) in [5, 5.41) is 9.28. The fourth-order valence-corrected chi connectivity index (χ4v) is 4.24. The molecule has 6 heteroatoms. The van der Waals surface area contributed by atoms with Crippen molar-refractivity contribution in [1.82, 2.24) is 10.6 Å². The number of fused-ring (bicyclic) bond motifs is 2. The van der Waals surface area contributed by atoms with Crippen molar-refractivity contribution >= 4 is 17.2 Å². The zero-order chi connectivity index (χ0) is 16.5. The lowest BCUT2D eigenvalue weighted by Crippen LogP contribution is -2.44. The van der Waals surface area contributed by atoms with Gasteiger partial charge in [-0.15, -0.1) is 11.3 Å². The van der Waals surface area contributed by atoms with Crippen LogP contribution in [-0.2, 0) is 0 Å². The van der Waals surface area contributed by atoms with Crippen LogP contribution in [0.4, 0.5) is 0 Å². The first-order valence-electron chi connectivity index (χ1n) is 8.16. The van der Waals surface area contributed by atoms with Crippen LogP contribution >= 0.6 is 11.3 Å². The van der Waals surface area contributed by atoms with Crippen molar-refractivity contribution in [3.8, 4) is 16.6 Å². The molecule has 3 unspecified atom stereocenters. The van der Waals surface area contributed by atoms with E-state index in [0.717, 1.165) is 23.8 Å². The van der Waals surface area contributed by atoms with Crippen LogP contribution in [0.25, 0.3) is 0 Å². The Balaban J connectivity index is 1.37. The first kappa shape index (κ1) is 15.5. The summed E-state index contributed by atoms with van der Waals surface area (Å²) in [6, 6.07) is 9.99. The Bertz CT molecular complexity index is 728. The van der Waals surface area contributed by atoms with Crippen LogP contribution in [0.15, 0.2) is 35.7 Å². The van der Waals surface area contributed by atoms with E-state index in [2.05, 4.69) is 10.6 Å². The van der Waals surface area contributed by atoms with Crippen molar-refractivity contribution in [2.45, 2.75) is 24.9 Å². The molecule has 0 radical (unpaired) electrons. The van der Waals surface area contributed by atoms with Crippen molar-refractivity contribution in [2.24, 2.45) is 5.92 Å². The summed E-state index contributed by atoms with van der Waals surface area (Å²) in [7, 11) is 1.63. The topological polar surface area (TPSA) is 59.6 Å². The number of piperidine rings is 1. The van der Waals surface area contributed by atoms with Crippen molar-refractivity contribution in [1.29, 1.82) is 0 Å². The van der Waals surface area contributed by atoms with E-state index in [9.17, 15) is 4.79 Å². The van der Waals surface area contributed by atoms with Gasteiger partial charge in [0.2, 0.25) is 0 Å². The lowest BCUT2D eigenvalue weighted by atomic mass is 10.0. The number of hydrogen-bond acceptors (Lipinski definition) is 5. The molecule has 1 aromatic carbocycles. The Morgan fingerprint density at radius 3 is 2.71 bits per heavy atom. The highest BCUT2D eigenvalue weighted by Gasteiger charge is 2.40. The van der Waals surface area contributed by atoms with Gasteiger partial charge in [-0.3, -0.25) is 4.79 Å². The molecule has 1 amide bonds. The SMILES string of the molecule is COc1csc(Oc2ccc(C(=O)NC3CC4CC3CN4)cc2)c1. The summed E-state index contributed by atoms with van der Waals surface area (Å²) < 4.78 is 10.9. The third-order valence-corrected chi connectivity index (χ3v) is 5.59. The Labute approximate surface area is 145 Å². The summed E-state index contributed by atoms with van der Waals surface area (Å²) in [5.41, 5.74) is 0.668. The molecule has 5 nitrogen and oxygen atoms in total. The highest BCUT2D eigenvalue weighted by atomic mass is 32.1. The number of carbonyl (C=O) groups excluding carboxylic acids is 1. The summed E-state index contributed by atoms with van der Waals surface area (Å²) in [6.07, 6.45) is 2.22. The van der Waals surface area contributed by atoms with Gasteiger partial charge in [0.05, 0.1) is 7.11 Å². The standard InChI is InChI=1S/C18H20N2O3S/c1-22-15-8-17(24-10-15)23-14-4-2-11(3-5-14)18(21)20-16-7-13-6-12(16)9-19-13/h2-5,8,10,12-13,16,19H,6-7,9H2,1H3,(H,20,21). The second-order valence-corrected chi connectivity index (χ2v) is 7.22. The predicted octanol–water partition coefficient (Wildman–Crippen LogP) is 3.03. The average molecular weight is 344 g/mol. The molecule has 1 saturated heterocycles. The maximum atomic E-state index is 12.4. The molecule has 1 saturated carbocycles. The Kier molecular flexibility index (Phi) is 4.16. The first-order chi connectivity index (χ1) is 11.7. The van der Waals surface area contributed by atoms with Gasteiger partial charge in [0.15, 0.2) is 5.06 Å². The molecule has 2 bridgehead atoms. The van der Waals surface area contributed by atoms with Gasteiger partial charge in [0.25, 0.3) is 5.91 Å². The van der Waals surface area contributed by atoms with Gasteiger partial charge in [-0.05, 0) is 43.0 Å². The third kappa shape index (κ3) is 3.12. The molecule has 2 N–H and O–H groups in total. The normalized spacial score (nSPS) is 24.8. The molecule has 2 aromatic rings. The number of methoxy groups -OCH3 is 1. The van der Waals surface area contributed by atoms with Crippen LogP contribution in [-0.4, -0.2) is 31.6 Å². The van der Waals surface area contributed by atoms with E-state index in [1.165, 1.54) is 17.8 Å². The molecule has 2 aliphatic rings. The van der Waals surface area contributed by atoms with Crippen molar-refractivity contribution in [3.63, 3.8) is 0 Å². The molecule has 1 aromatic heterocycles. The van der Waals surface area contributed by atoms with Crippen molar-refractivity contribution in [2.75, 3.05) is 13.7 Å². The number of benzene rings is 1. The molecule has 3 atom stereocenters. The van der Waals surface area contributed by atoms with Crippen LogP contribution in [0.5, 0.6) is 16.6 Å². The molecule has 2 heterocycles. The third-order valence-electron chi connectivity index (χ3n) is 4.80. The number of rotatable bonds is 5. The van der Waals surface area contributed by atoms with E-state index < -0.39 is 0 Å². The number of carbonyl (C=O) groups is 1. The zero-order valence-corrected chi connectivity index (χ0v) is 14.3. The highest BCUT2D eigenvalue weighted by molar-refractivity contribution is 7.12. The summed E-state index contributed by atoms with van der Waals surface area (Å²) >= 11 is 1.48. The van der Waals surface area contributed by atoms with E-state index in [-0.39, 0.29) is 5.91 Å². The summed E-state index contributed by atoms with van der Waals surface area (Å²) in [4.78, 5) is 12.4. The Hall–Kier alpha value is -2.05. The number of thiophene rings is 1. The molecule has 1 aliphatic heterocycles. The molecular formula is C18H20N2O3S. The maximum absolute atomic E-state index is 12.4. The minimum Gasteiger partial charge on any atom is -0.496 e. The first-order valence-corrected chi connectivity index (χ1v) is 9.04. The summed E-state index contributed by atoms with van der Waals surface area (Å²) in [5.74, 6) is 2.07. The van der Waals surface area contributed by atoms with E-state index >= 15 is 0 Å². The van der Waals surface area contributed by atoms with Gasteiger partial charge in [-0.2, -0.15) is 0 Å². The second kappa shape index (κ2) is 6.45. The minimum atomic E-state index is -0.00288. The van der Waals surface area contributed by atoms with Crippen molar-refractivity contribution < 1.29 is 14.3 Å². The fraction of sp³-hybridized carbons (Fsp3) is 0.389. The Morgan fingerprint density at radius 2 is 2.08 bits per heavy atom. The smallest absolute Gasteiger partial charge is 0.251 e. The average Bonchev–Trinajstić information content (AvgIpc) is 3.32. The van der Waals surface area contributed by atoms with E-state index in [4.69, 9.17) is 9.47 Å². The molecular weight excluding hydrogens is 324 g/mol. The minimum absolute atomic E-state index is 0.00288. The fourth-order valence-electron chi connectivity index (χ4n) is 3.52. The predicted molar refractivity (Wildman–Crippen MR) is 93.2 cm³/mol. The zero-order valence-electron chi connectivity index (χ0n) is 13.5. The van der Waals surface area contributed by atoms with Gasteiger partial charge < -0.3 is 20.1 Å². The number of hydrogen-bond donors (Lipinski definition) is 2. The number of ether oxygens (including phenoxy) is 2. The van der Waals surface area contributed by atoms with Gasteiger partial charge in [0.1, 0.15) is 11.5 Å². The van der Waals surface area contributed by atoms with Gasteiger partial charge in [0, 0.05) is 35.6 Å². The monoisotopic (exact) mass is 344 g/mol. The lowest BCUT2D eigenvalue weighted by Gasteiger charge is -2.23. The van der Waals surface area contributed by atoms with Crippen LogP contribution < -0.4 is 20.1 Å². The van der Waals surface area contributed by atoms with Crippen LogP contribution in [0.1, 0.15) is 23.2 Å². The van der Waals surface area contributed by atoms with E-state index in [1.54, 1.807) is 19.2 Å². The van der Waals surface area contributed by atoms with Crippen LogP contribution in [0.2, 0.25) is 0 Å². The number of amides is 1. The van der Waals surface area contributed by atoms with Crippen molar-refractivity contribution in [3.05, 3.63) is 41.3 Å².